The maximum Gasteiger partial charge on any atom is 0.290 e. The molecule has 4 aromatic rings. The van der Waals surface area contributed by atoms with E-state index in [9.17, 15) is 13.2 Å². The Labute approximate surface area is 207 Å². The van der Waals surface area contributed by atoms with Crippen LogP contribution in [-0.4, -0.2) is 33.4 Å². The van der Waals surface area contributed by atoms with Gasteiger partial charge in [-0.1, -0.05) is 17.7 Å². The third kappa shape index (κ3) is 5.36. The molecule has 0 bridgehead atoms. The van der Waals surface area contributed by atoms with Gasteiger partial charge in [0.1, 0.15) is 5.76 Å². The fourth-order valence-electron chi connectivity index (χ4n) is 3.45. The second kappa shape index (κ2) is 10.3. The first-order chi connectivity index (χ1) is 16.8. The lowest BCUT2D eigenvalue weighted by Gasteiger charge is -2.21. The number of nitrogens with zero attached hydrogens (tertiary/aromatic N) is 1. The van der Waals surface area contributed by atoms with Crippen LogP contribution in [-0.2, 0) is 22.9 Å². The molecule has 8 nitrogen and oxygen atoms in total. The van der Waals surface area contributed by atoms with Crippen molar-refractivity contribution in [3.8, 4) is 11.5 Å². The Balaban J connectivity index is 1.63. The summed E-state index contributed by atoms with van der Waals surface area (Å²) in [5.74, 6) is 1.01. The molecule has 1 amide bonds. The van der Waals surface area contributed by atoms with E-state index in [1.54, 1.807) is 24.3 Å². The van der Waals surface area contributed by atoms with Gasteiger partial charge in [-0.15, -0.1) is 0 Å². The zero-order chi connectivity index (χ0) is 25.0. The maximum atomic E-state index is 13.4. The van der Waals surface area contributed by atoms with Crippen molar-refractivity contribution in [2.24, 2.45) is 0 Å². The number of sulfone groups is 1. The minimum atomic E-state index is -3.96. The average molecular weight is 516 g/mol. The van der Waals surface area contributed by atoms with E-state index in [-0.39, 0.29) is 28.8 Å². The number of rotatable bonds is 9. The highest BCUT2D eigenvalue weighted by Crippen LogP contribution is 2.29. The van der Waals surface area contributed by atoms with Crippen LogP contribution in [0, 0.1) is 0 Å². The molecule has 0 aliphatic heterocycles. The Morgan fingerprint density at radius 1 is 0.943 bits per heavy atom. The van der Waals surface area contributed by atoms with Gasteiger partial charge in [-0.25, -0.2) is 8.42 Å². The molecule has 0 spiro atoms. The van der Waals surface area contributed by atoms with Crippen LogP contribution in [0.3, 0.4) is 0 Å². The summed E-state index contributed by atoms with van der Waals surface area (Å²) in [6.45, 7) is 0.319. The lowest BCUT2D eigenvalue weighted by Crippen LogP contribution is -2.29. The van der Waals surface area contributed by atoms with E-state index in [2.05, 4.69) is 0 Å². The predicted molar refractivity (Wildman–Crippen MR) is 127 cm³/mol. The summed E-state index contributed by atoms with van der Waals surface area (Å²) in [7, 11) is -0.899. The van der Waals surface area contributed by atoms with Crippen molar-refractivity contribution in [1.29, 1.82) is 0 Å². The fourth-order valence-corrected chi connectivity index (χ4v) is 4.75. The molecule has 10 heteroatoms. The maximum absolute atomic E-state index is 13.4. The highest BCUT2D eigenvalue weighted by atomic mass is 35.5. The molecule has 0 saturated heterocycles. The van der Waals surface area contributed by atoms with Gasteiger partial charge >= 0.3 is 0 Å². The first kappa shape index (κ1) is 24.4. The predicted octanol–water partition coefficient (Wildman–Crippen LogP) is 5.22. The van der Waals surface area contributed by atoms with E-state index in [0.717, 1.165) is 5.56 Å². The summed E-state index contributed by atoms with van der Waals surface area (Å²) >= 11 is 5.86. The number of carbonyl (C=O) groups is 1. The zero-order valence-electron chi connectivity index (χ0n) is 18.9. The van der Waals surface area contributed by atoms with Gasteiger partial charge in [-0.05, 0) is 66.2 Å². The number of benzene rings is 2. The molecular weight excluding hydrogens is 494 g/mol. The molecule has 0 aliphatic carbocycles. The molecular formula is C25H22ClNO7S. The van der Waals surface area contributed by atoms with Crippen LogP contribution in [0.15, 0.2) is 91.8 Å². The minimum absolute atomic E-state index is 0.00742. The molecule has 2 aromatic carbocycles. The van der Waals surface area contributed by atoms with Crippen molar-refractivity contribution < 1.29 is 31.5 Å². The first-order valence-electron chi connectivity index (χ1n) is 10.4. The number of methoxy groups -OCH3 is 2. The van der Waals surface area contributed by atoms with E-state index in [0.29, 0.717) is 22.3 Å². The summed E-state index contributed by atoms with van der Waals surface area (Å²) in [4.78, 5) is 14.9. The molecule has 0 atom stereocenters. The second-order valence-electron chi connectivity index (χ2n) is 7.51. The van der Waals surface area contributed by atoms with Gasteiger partial charge in [0.05, 0.1) is 31.9 Å². The normalized spacial score (nSPS) is 11.3. The van der Waals surface area contributed by atoms with E-state index in [1.165, 1.54) is 61.8 Å². The minimum Gasteiger partial charge on any atom is -0.493 e. The van der Waals surface area contributed by atoms with Crippen LogP contribution in [0.5, 0.6) is 11.5 Å². The number of hydrogen-bond acceptors (Lipinski definition) is 7. The molecule has 0 fully saturated rings. The molecule has 0 radical (unpaired) electrons. The van der Waals surface area contributed by atoms with Gasteiger partial charge in [0.2, 0.25) is 14.9 Å². The van der Waals surface area contributed by atoms with Crippen molar-refractivity contribution in [3.63, 3.8) is 0 Å². The van der Waals surface area contributed by atoms with Crippen molar-refractivity contribution in [3.05, 3.63) is 95.1 Å². The number of carbonyl (C=O) groups excluding carboxylic acids is 1. The van der Waals surface area contributed by atoms with E-state index >= 15 is 0 Å². The van der Waals surface area contributed by atoms with Gasteiger partial charge in [-0.2, -0.15) is 0 Å². The van der Waals surface area contributed by atoms with Crippen molar-refractivity contribution in [2.75, 3.05) is 14.2 Å². The monoisotopic (exact) mass is 515 g/mol. The van der Waals surface area contributed by atoms with Crippen LogP contribution >= 0.6 is 11.6 Å². The lowest BCUT2D eigenvalue weighted by molar-refractivity contribution is 0.0679. The Morgan fingerprint density at radius 3 is 2.34 bits per heavy atom. The van der Waals surface area contributed by atoms with Crippen LogP contribution < -0.4 is 9.47 Å². The number of hydrogen-bond donors (Lipinski definition) is 0. The molecule has 182 valence electrons. The third-order valence-corrected chi connectivity index (χ3v) is 7.11. The molecule has 0 aliphatic rings. The lowest BCUT2D eigenvalue weighted by atomic mass is 10.1. The van der Waals surface area contributed by atoms with Crippen molar-refractivity contribution >= 4 is 27.3 Å². The van der Waals surface area contributed by atoms with E-state index in [1.807, 2.05) is 6.07 Å². The van der Waals surface area contributed by atoms with E-state index in [4.69, 9.17) is 29.9 Å². The molecule has 0 saturated carbocycles. The summed E-state index contributed by atoms with van der Waals surface area (Å²) in [6.07, 6.45) is 1.51. The first-order valence-corrected chi connectivity index (χ1v) is 12.3. The zero-order valence-corrected chi connectivity index (χ0v) is 20.5. The number of ether oxygens (including phenoxy) is 2. The Hall–Kier alpha value is -3.69. The summed E-state index contributed by atoms with van der Waals surface area (Å²) in [6, 6.07) is 17.1. The number of halogens is 1. The Bertz CT molecular complexity index is 1410. The SMILES string of the molecule is COc1ccc(CN(Cc2ccco2)C(=O)c2ccc(S(=O)(=O)c3ccc(Cl)cc3)o2)cc1OC. The molecule has 4 rings (SSSR count). The quantitative estimate of drug-likeness (QED) is 0.301. The van der Waals surface area contributed by atoms with Crippen molar-refractivity contribution in [2.45, 2.75) is 23.1 Å². The average Bonchev–Trinajstić information content (AvgIpc) is 3.56. The third-order valence-electron chi connectivity index (χ3n) is 5.22. The number of amides is 1. The van der Waals surface area contributed by atoms with Crippen LogP contribution in [0.25, 0.3) is 0 Å². The van der Waals surface area contributed by atoms with Gasteiger partial charge in [0.25, 0.3) is 5.91 Å². The summed E-state index contributed by atoms with van der Waals surface area (Å²) < 4.78 is 47.4. The van der Waals surface area contributed by atoms with E-state index < -0.39 is 15.7 Å². The van der Waals surface area contributed by atoms with Gasteiger partial charge in [-0.3, -0.25) is 4.79 Å². The fraction of sp³-hybridized carbons (Fsp3) is 0.160. The summed E-state index contributed by atoms with van der Waals surface area (Å²) in [5.41, 5.74) is 0.767. The smallest absolute Gasteiger partial charge is 0.290 e. The van der Waals surface area contributed by atoms with Gasteiger partial charge in [0.15, 0.2) is 17.3 Å². The second-order valence-corrected chi connectivity index (χ2v) is 9.82. The van der Waals surface area contributed by atoms with Crippen LogP contribution in [0.2, 0.25) is 5.02 Å². The molecule has 35 heavy (non-hydrogen) atoms. The molecule has 2 heterocycles. The largest absolute Gasteiger partial charge is 0.493 e. The molecule has 2 aromatic heterocycles. The van der Waals surface area contributed by atoms with Crippen LogP contribution in [0.1, 0.15) is 21.9 Å². The molecule has 0 N–H and O–H groups in total. The number of furan rings is 2. The standard InChI is InChI=1S/C25H22ClNO7S/c1-31-21-10-5-17(14-23(21)32-2)15-27(16-19-4-3-13-33-19)25(28)22-11-12-24(34-22)35(29,30)20-8-6-18(26)7-9-20/h3-14H,15-16H2,1-2H3. The highest BCUT2D eigenvalue weighted by Gasteiger charge is 2.26. The van der Waals surface area contributed by atoms with Gasteiger partial charge in [0, 0.05) is 11.6 Å². The Morgan fingerprint density at radius 2 is 1.69 bits per heavy atom. The van der Waals surface area contributed by atoms with Crippen LogP contribution in [0.4, 0.5) is 0 Å². The Kier molecular flexibility index (Phi) is 7.18. The topological polar surface area (TPSA) is 99.2 Å². The summed E-state index contributed by atoms with van der Waals surface area (Å²) in [5, 5.41) is 0.0650. The molecule has 0 unspecified atom stereocenters. The van der Waals surface area contributed by atoms with Crippen molar-refractivity contribution in [1.82, 2.24) is 4.90 Å². The van der Waals surface area contributed by atoms with Gasteiger partial charge < -0.3 is 23.2 Å². The highest BCUT2D eigenvalue weighted by molar-refractivity contribution is 7.91.